The maximum absolute atomic E-state index is 12.5. The minimum atomic E-state index is -0.0182. The Kier molecular flexibility index (Phi) is 5.60. The zero-order valence-electron chi connectivity index (χ0n) is 11.5. The molecule has 4 heteroatoms. The van der Waals surface area contributed by atoms with Crippen molar-refractivity contribution in [3.8, 4) is 0 Å². The van der Waals surface area contributed by atoms with Gasteiger partial charge in [-0.15, -0.1) is 0 Å². The molecule has 0 radical (unpaired) electrons. The fourth-order valence-corrected chi connectivity index (χ4v) is 1.97. The number of halogens is 1. The molecule has 2 atom stereocenters. The van der Waals surface area contributed by atoms with E-state index in [1.165, 1.54) is 6.20 Å². The number of nitrogens with zero attached hydrogens (tertiary/aromatic N) is 2. The van der Waals surface area contributed by atoms with E-state index in [1.807, 2.05) is 4.90 Å². The van der Waals surface area contributed by atoms with Crippen LogP contribution in [-0.2, 0) is 0 Å². The van der Waals surface area contributed by atoms with Gasteiger partial charge in [0.05, 0.1) is 5.02 Å². The summed E-state index contributed by atoms with van der Waals surface area (Å²) in [7, 11) is 0. The van der Waals surface area contributed by atoms with Crippen LogP contribution >= 0.6 is 11.6 Å². The third-order valence-electron chi connectivity index (χ3n) is 3.31. The summed E-state index contributed by atoms with van der Waals surface area (Å²) in [4.78, 5) is 18.5. The van der Waals surface area contributed by atoms with Gasteiger partial charge in [0.2, 0.25) is 0 Å². The third-order valence-corrected chi connectivity index (χ3v) is 3.54. The van der Waals surface area contributed by atoms with E-state index in [9.17, 15) is 4.79 Å². The summed E-state index contributed by atoms with van der Waals surface area (Å²) >= 11 is 5.79. The molecular formula is C14H21ClN2O. The van der Waals surface area contributed by atoms with Crippen LogP contribution in [-0.4, -0.2) is 27.9 Å². The standard InChI is InChI=1S/C14H21ClN2O/c1-5-10(3)17(11(4)6-2)14(18)13-8-7-12(15)9-16-13/h7-11H,5-6H2,1-4H3/t10-,11-/m1/s1. The molecule has 1 aromatic rings. The molecule has 0 saturated carbocycles. The van der Waals surface area contributed by atoms with E-state index in [2.05, 4.69) is 32.7 Å². The van der Waals surface area contributed by atoms with Crippen LogP contribution in [0.3, 0.4) is 0 Å². The predicted octanol–water partition coefficient (Wildman–Crippen LogP) is 3.77. The largest absolute Gasteiger partial charge is 0.332 e. The number of hydrogen-bond donors (Lipinski definition) is 0. The Morgan fingerprint density at radius 3 is 2.22 bits per heavy atom. The molecule has 100 valence electrons. The molecule has 1 aromatic heterocycles. The minimum absolute atomic E-state index is 0.0182. The average molecular weight is 269 g/mol. The number of hydrogen-bond acceptors (Lipinski definition) is 2. The third kappa shape index (κ3) is 3.45. The zero-order chi connectivity index (χ0) is 13.7. The minimum Gasteiger partial charge on any atom is -0.332 e. The van der Waals surface area contributed by atoms with Crippen LogP contribution < -0.4 is 0 Å². The SMILES string of the molecule is CC[C@@H](C)N(C(=O)c1ccc(Cl)cn1)[C@H](C)CC. The number of pyridine rings is 1. The lowest BCUT2D eigenvalue weighted by Crippen LogP contribution is -2.44. The first-order chi connectivity index (χ1) is 8.51. The van der Waals surface area contributed by atoms with Crippen LogP contribution in [0.2, 0.25) is 5.02 Å². The molecule has 0 saturated heterocycles. The maximum Gasteiger partial charge on any atom is 0.272 e. The summed E-state index contributed by atoms with van der Waals surface area (Å²) in [5.41, 5.74) is 0.458. The fraction of sp³-hybridized carbons (Fsp3) is 0.571. The summed E-state index contributed by atoms with van der Waals surface area (Å²) in [5, 5.41) is 0.546. The topological polar surface area (TPSA) is 33.2 Å². The lowest BCUT2D eigenvalue weighted by atomic mass is 10.1. The molecule has 0 aliphatic rings. The van der Waals surface area contributed by atoms with E-state index < -0.39 is 0 Å². The molecule has 0 spiro atoms. The van der Waals surface area contributed by atoms with Gasteiger partial charge in [0.1, 0.15) is 5.69 Å². The fourth-order valence-electron chi connectivity index (χ4n) is 1.86. The number of carbonyl (C=O) groups excluding carboxylic acids is 1. The smallest absolute Gasteiger partial charge is 0.272 e. The van der Waals surface area contributed by atoms with E-state index >= 15 is 0 Å². The second-order valence-corrected chi connectivity index (χ2v) is 5.03. The van der Waals surface area contributed by atoms with E-state index in [0.29, 0.717) is 10.7 Å². The van der Waals surface area contributed by atoms with Gasteiger partial charge in [-0.05, 0) is 38.8 Å². The van der Waals surface area contributed by atoms with Crippen molar-refractivity contribution in [3.63, 3.8) is 0 Å². The summed E-state index contributed by atoms with van der Waals surface area (Å²) in [6.45, 7) is 8.31. The summed E-state index contributed by atoms with van der Waals surface area (Å²) in [6, 6.07) is 3.81. The van der Waals surface area contributed by atoms with Crippen molar-refractivity contribution in [1.82, 2.24) is 9.88 Å². The van der Waals surface area contributed by atoms with E-state index in [4.69, 9.17) is 11.6 Å². The number of carbonyl (C=O) groups is 1. The summed E-state index contributed by atoms with van der Waals surface area (Å²) in [5.74, 6) is -0.0182. The molecule has 3 nitrogen and oxygen atoms in total. The van der Waals surface area contributed by atoms with Crippen molar-refractivity contribution in [1.29, 1.82) is 0 Å². The molecule has 0 N–H and O–H groups in total. The first-order valence-electron chi connectivity index (χ1n) is 6.45. The second-order valence-electron chi connectivity index (χ2n) is 4.59. The molecule has 1 heterocycles. The second kappa shape index (κ2) is 6.74. The lowest BCUT2D eigenvalue weighted by molar-refractivity contribution is 0.0592. The van der Waals surface area contributed by atoms with E-state index in [1.54, 1.807) is 12.1 Å². The van der Waals surface area contributed by atoms with Gasteiger partial charge in [0.15, 0.2) is 0 Å². The molecule has 0 unspecified atom stereocenters. The Morgan fingerprint density at radius 1 is 1.28 bits per heavy atom. The van der Waals surface area contributed by atoms with Crippen LogP contribution in [0.5, 0.6) is 0 Å². The normalized spacial score (nSPS) is 14.1. The molecular weight excluding hydrogens is 248 g/mol. The molecule has 0 aromatic carbocycles. The van der Waals surface area contributed by atoms with Gasteiger partial charge < -0.3 is 4.90 Å². The van der Waals surface area contributed by atoms with Crippen molar-refractivity contribution < 1.29 is 4.79 Å². The van der Waals surface area contributed by atoms with Crippen LogP contribution in [0.4, 0.5) is 0 Å². The summed E-state index contributed by atoms with van der Waals surface area (Å²) < 4.78 is 0. The highest BCUT2D eigenvalue weighted by atomic mass is 35.5. The van der Waals surface area contributed by atoms with Gasteiger partial charge in [-0.25, -0.2) is 4.98 Å². The molecule has 0 bridgehead atoms. The quantitative estimate of drug-likeness (QED) is 0.814. The van der Waals surface area contributed by atoms with Gasteiger partial charge in [-0.2, -0.15) is 0 Å². The highest BCUT2D eigenvalue weighted by molar-refractivity contribution is 6.30. The molecule has 1 rings (SSSR count). The van der Waals surface area contributed by atoms with Gasteiger partial charge in [0.25, 0.3) is 5.91 Å². The van der Waals surface area contributed by atoms with Crippen molar-refractivity contribution in [3.05, 3.63) is 29.0 Å². The van der Waals surface area contributed by atoms with Gasteiger partial charge in [-0.3, -0.25) is 4.79 Å². The number of amides is 1. The molecule has 0 aliphatic heterocycles. The van der Waals surface area contributed by atoms with Gasteiger partial charge in [0, 0.05) is 18.3 Å². The summed E-state index contributed by atoms with van der Waals surface area (Å²) in [6.07, 6.45) is 3.38. The Labute approximate surface area is 114 Å². The predicted molar refractivity (Wildman–Crippen MR) is 74.9 cm³/mol. The van der Waals surface area contributed by atoms with Crippen molar-refractivity contribution in [2.24, 2.45) is 0 Å². The van der Waals surface area contributed by atoms with E-state index in [-0.39, 0.29) is 18.0 Å². The maximum atomic E-state index is 12.5. The van der Waals surface area contributed by atoms with Gasteiger partial charge >= 0.3 is 0 Å². The number of rotatable bonds is 5. The number of aromatic nitrogens is 1. The van der Waals surface area contributed by atoms with E-state index in [0.717, 1.165) is 12.8 Å². The highest BCUT2D eigenvalue weighted by Crippen LogP contribution is 2.16. The van der Waals surface area contributed by atoms with Gasteiger partial charge in [-0.1, -0.05) is 25.4 Å². The Hall–Kier alpha value is -1.09. The van der Waals surface area contributed by atoms with Crippen LogP contribution in [0, 0.1) is 0 Å². The molecule has 18 heavy (non-hydrogen) atoms. The Balaban J connectivity index is 2.98. The van der Waals surface area contributed by atoms with Crippen molar-refractivity contribution in [2.45, 2.75) is 52.6 Å². The van der Waals surface area contributed by atoms with Crippen LogP contribution in [0.1, 0.15) is 51.0 Å². The van der Waals surface area contributed by atoms with Crippen LogP contribution in [0.25, 0.3) is 0 Å². The lowest BCUT2D eigenvalue weighted by Gasteiger charge is -2.33. The molecule has 0 aliphatic carbocycles. The Bertz CT molecular complexity index is 381. The zero-order valence-corrected chi connectivity index (χ0v) is 12.2. The first kappa shape index (κ1) is 15.0. The van der Waals surface area contributed by atoms with Crippen molar-refractivity contribution in [2.75, 3.05) is 0 Å². The average Bonchev–Trinajstić information content (AvgIpc) is 2.39. The monoisotopic (exact) mass is 268 g/mol. The van der Waals surface area contributed by atoms with Crippen LogP contribution in [0.15, 0.2) is 18.3 Å². The molecule has 0 fully saturated rings. The highest BCUT2D eigenvalue weighted by Gasteiger charge is 2.25. The first-order valence-corrected chi connectivity index (χ1v) is 6.83. The van der Waals surface area contributed by atoms with Crippen molar-refractivity contribution >= 4 is 17.5 Å². The molecule has 1 amide bonds. The Morgan fingerprint density at radius 2 is 1.83 bits per heavy atom.